The van der Waals surface area contributed by atoms with Gasteiger partial charge in [-0.05, 0) is 47.3 Å². The minimum atomic E-state index is 0.271. The van der Waals surface area contributed by atoms with E-state index in [1.807, 2.05) is 22.9 Å². The Morgan fingerprint density at radius 3 is 2.88 bits per heavy atom. The predicted molar refractivity (Wildman–Crippen MR) is 65.0 cm³/mol. The van der Waals surface area contributed by atoms with Crippen LogP contribution in [-0.2, 0) is 12.8 Å². The van der Waals surface area contributed by atoms with Crippen LogP contribution in [0.5, 0.6) is 5.75 Å². The van der Waals surface area contributed by atoms with Crippen LogP contribution in [0.1, 0.15) is 17.7 Å². The Kier molecular flexibility index (Phi) is 2.24. The third-order valence-electron chi connectivity index (χ3n) is 2.99. The molecule has 0 saturated carbocycles. The molecule has 2 aromatic rings. The number of phenolic OH excluding ortho intramolecular Hbond substituents is 1. The SMILES string of the molecule is Oc1ccccc1-n1nc(Br)c2c1CCC2. The zero-order valence-electron chi connectivity index (χ0n) is 8.65. The van der Waals surface area contributed by atoms with Crippen LogP contribution in [0.3, 0.4) is 0 Å². The molecule has 1 heterocycles. The summed E-state index contributed by atoms with van der Waals surface area (Å²) in [5, 5.41) is 14.3. The van der Waals surface area contributed by atoms with Gasteiger partial charge in [-0.15, -0.1) is 0 Å². The Hall–Kier alpha value is -1.29. The van der Waals surface area contributed by atoms with Crippen molar-refractivity contribution in [2.45, 2.75) is 19.3 Å². The van der Waals surface area contributed by atoms with Gasteiger partial charge in [0.05, 0.1) is 0 Å². The maximum absolute atomic E-state index is 9.83. The highest BCUT2D eigenvalue weighted by Crippen LogP contribution is 2.32. The summed E-state index contributed by atoms with van der Waals surface area (Å²) in [5.74, 6) is 0.271. The fraction of sp³-hybridized carbons (Fsp3) is 0.250. The first-order valence-electron chi connectivity index (χ1n) is 5.32. The lowest BCUT2D eigenvalue weighted by atomic mass is 10.2. The van der Waals surface area contributed by atoms with Crippen molar-refractivity contribution in [2.24, 2.45) is 0 Å². The number of para-hydroxylation sites is 2. The van der Waals surface area contributed by atoms with Gasteiger partial charge in [0.1, 0.15) is 16.0 Å². The lowest BCUT2D eigenvalue weighted by Crippen LogP contribution is -2.01. The molecule has 0 unspecified atom stereocenters. The Morgan fingerprint density at radius 1 is 1.25 bits per heavy atom. The van der Waals surface area contributed by atoms with E-state index in [1.54, 1.807) is 6.07 Å². The third-order valence-corrected chi connectivity index (χ3v) is 3.63. The van der Waals surface area contributed by atoms with E-state index in [4.69, 9.17) is 0 Å². The summed E-state index contributed by atoms with van der Waals surface area (Å²) in [6.45, 7) is 0. The molecule has 0 amide bonds. The maximum atomic E-state index is 9.83. The van der Waals surface area contributed by atoms with Crippen LogP contribution in [0.25, 0.3) is 5.69 Å². The number of hydrogen-bond acceptors (Lipinski definition) is 2. The van der Waals surface area contributed by atoms with E-state index in [9.17, 15) is 5.11 Å². The molecule has 1 aliphatic rings. The number of fused-ring (bicyclic) bond motifs is 1. The van der Waals surface area contributed by atoms with Crippen LogP contribution in [0, 0.1) is 0 Å². The molecule has 4 heteroatoms. The standard InChI is InChI=1S/C12H11BrN2O/c13-12-8-4-3-6-9(8)15(14-12)10-5-1-2-7-11(10)16/h1-2,5,7,16H,3-4,6H2. The predicted octanol–water partition coefficient (Wildman–Crippen LogP) is 2.83. The number of aromatic hydroxyl groups is 1. The van der Waals surface area contributed by atoms with Crippen molar-refractivity contribution in [3.8, 4) is 11.4 Å². The van der Waals surface area contributed by atoms with Gasteiger partial charge in [-0.25, -0.2) is 4.68 Å². The summed E-state index contributed by atoms with van der Waals surface area (Å²) >= 11 is 3.48. The Balaban J connectivity index is 2.21. The highest BCUT2D eigenvalue weighted by atomic mass is 79.9. The van der Waals surface area contributed by atoms with Crippen LogP contribution in [-0.4, -0.2) is 14.9 Å². The first-order valence-corrected chi connectivity index (χ1v) is 6.11. The molecule has 0 bridgehead atoms. The summed E-state index contributed by atoms with van der Waals surface area (Å²) in [7, 11) is 0. The summed E-state index contributed by atoms with van der Waals surface area (Å²) in [5.41, 5.74) is 3.25. The van der Waals surface area contributed by atoms with Gasteiger partial charge in [0.25, 0.3) is 0 Å². The number of hydrogen-bond donors (Lipinski definition) is 1. The molecule has 0 radical (unpaired) electrons. The van der Waals surface area contributed by atoms with Gasteiger partial charge in [-0.3, -0.25) is 0 Å². The zero-order valence-corrected chi connectivity index (χ0v) is 10.2. The molecule has 1 aromatic carbocycles. The van der Waals surface area contributed by atoms with Crippen molar-refractivity contribution in [3.05, 3.63) is 40.1 Å². The van der Waals surface area contributed by atoms with Crippen LogP contribution in [0.2, 0.25) is 0 Å². The summed E-state index contributed by atoms with van der Waals surface area (Å²) < 4.78 is 2.75. The average molecular weight is 279 g/mol. The van der Waals surface area contributed by atoms with E-state index < -0.39 is 0 Å². The molecule has 16 heavy (non-hydrogen) atoms. The zero-order chi connectivity index (χ0) is 11.1. The van der Waals surface area contributed by atoms with Gasteiger partial charge < -0.3 is 5.11 Å². The molecule has 1 N–H and O–H groups in total. The van der Waals surface area contributed by atoms with Crippen LogP contribution in [0.4, 0.5) is 0 Å². The number of halogens is 1. The second-order valence-electron chi connectivity index (χ2n) is 3.97. The van der Waals surface area contributed by atoms with Crippen molar-refractivity contribution < 1.29 is 5.11 Å². The van der Waals surface area contributed by atoms with Crippen molar-refractivity contribution in [1.29, 1.82) is 0 Å². The molecule has 0 saturated heterocycles. The van der Waals surface area contributed by atoms with Gasteiger partial charge in [-0.1, -0.05) is 12.1 Å². The number of nitrogens with zero attached hydrogens (tertiary/aromatic N) is 2. The Morgan fingerprint density at radius 2 is 2.06 bits per heavy atom. The van der Waals surface area contributed by atoms with Crippen molar-refractivity contribution in [2.75, 3.05) is 0 Å². The molecule has 3 nitrogen and oxygen atoms in total. The van der Waals surface area contributed by atoms with Gasteiger partial charge in [0.2, 0.25) is 0 Å². The highest BCUT2D eigenvalue weighted by Gasteiger charge is 2.22. The smallest absolute Gasteiger partial charge is 0.141 e. The summed E-state index contributed by atoms with van der Waals surface area (Å²) in [6.07, 6.45) is 3.27. The largest absolute Gasteiger partial charge is 0.506 e. The molecular formula is C12H11BrN2O. The van der Waals surface area contributed by atoms with E-state index in [0.29, 0.717) is 0 Å². The maximum Gasteiger partial charge on any atom is 0.141 e. The second kappa shape index (κ2) is 3.63. The fourth-order valence-electron chi connectivity index (χ4n) is 2.23. The molecule has 0 fully saturated rings. The van der Waals surface area contributed by atoms with Gasteiger partial charge in [0.15, 0.2) is 0 Å². The monoisotopic (exact) mass is 278 g/mol. The number of benzene rings is 1. The van der Waals surface area contributed by atoms with Crippen LogP contribution in [0.15, 0.2) is 28.9 Å². The number of phenols is 1. The molecule has 82 valence electrons. The number of aromatic nitrogens is 2. The quantitative estimate of drug-likeness (QED) is 0.871. The van der Waals surface area contributed by atoms with Crippen molar-refractivity contribution in [1.82, 2.24) is 9.78 Å². The summed E-state index contributed by atoms with van der Waals surface area (Å²) in [4.78, 5) is 0. The Bertz CT molecular complexity index is 548. The Labute approximate surface area is 102 Å². The van der Waals surface area contributed by atoms with Gasteiger partial charge in [0, 0.05) is 11.3 Å². The highest BCUT2D eigenvalue weighted by molar-refractivity contribution is 9.10. The van der Waals surface area contributed by atoms with E-state index in [1.165, 1.54) is 17.7 Å². The fourth-order valence-corrected chi connectivity index (χ4v) is 2.82. The second-order valence-corrected chi connectivity index (χ2v) is 4.72. The first kappa shape index (κ1) is 9.90. The van der Waals surface area contributed by atoms with Crippen molar-refractivity contribution >= 4 is 15.9 Å². The average Bonchev–Trinajstić information content (AvgIpc) is 2.84. The van der Waals surface area contributed by atoms with Crippen molar-refractivity contribution in [3.63, 3.8) is 0 Å². The molecular weight excluding hydrogens is 268 g/mol. The molecule has 0 aliphatic heterocycles. The van der Waals surface area contributed by atoms with Gasteiger partial charge >= 0.3 is 0 Å². The molecule has 0 atom stereocenters. The van der Waals surface area contributed by atoms with E-state index in [0.717, 1.165) is 23.1 Å². The van der Waals surface area contributed by atoms with Crippen LogP contribution < -0.4 is 0 Å². The van der Waals surface area contributed by atoms with E-state index >= 15 is 0 Å². The normalized spacial score (nSPS) is 14.1. The third kappa shape index (κ3) is 1.37. The number of rotatable bonds is 1. The minimum Gasteiger partial charge on any atom is -0.506 e. The molecule has 1 aliphatic carbocycles. The van der Waals surface area contributed by atoms with E-state index in [2.05, 4.69) is 21.0 Å². The lowest BCUT2D eigenvalue weighted by Gasteiger charge is -2.06. The van der Waals surface area contributed by atoms with E-state index in [-0.39, 0.29) is 5.75 Å². The lowest BCUT2D eigenvalue weighted by molar-refractivity contribution is 0.469. The minimum absolute atomic E-state index is 0.271. The van der Waals surface area contributed by atoms with Gasteiger partial charge in [-0.2, -0.15) is 5.10 Å². The molecule has 3 rings (SSSR count). The summed E-state index contributed by atoms with van der Waals surface area (Å²) in [6, 6.07) is 7.29. The molecule has 1 aromatic heterocycles. The molecule has 0 spiro atoms. The topological polar surface area (TPSA) is 38.0 Å². The van der Waals surface area contributed by atoms with Crippen LogP contribution >= 0.6 is 15.9 Å². The first-order chi connectivity index (χ1) is 7.77.